The van der Waals surface area contributed by atoms with Gasteiger partial charge in [-0.3, -0.25) is 4.79 Å². The second-order valence-corrected chi connectivity index (χ2v) is 7.05. The maximum absolute atomic E-state index is 12.4. The first-order valence-corrected chi connectivity index (χ1v) is 8.85. The van der Waals surface area contributed by atoms with Crippen LogP contribution in [0.5, 0.6) is 5.75 Å². The van der Waals surface area contributed by atoms with Crippen LogP contribution >= 0.6 is 11.6 Å². The van der Waals surface area contributed by atoms with E-state index in [0.717, 1.165) is 16.7 Å². The van der Waals surface area contributed by atoms with E-state index in [0.29, 0.717) is 22.9 Å². The molecule has 2 aromatic carbocycles. The number of carbonyl (C=O) groups is 1. The van der Waals surface area contributed by atoms with Crippen LogP contribution < -0.4 is 4.74 Å². The highest BCUT2D eigenvalue weighted by Gasteiger charge is 2.15. The number of benzene rings is 2. The lowest BCUT2D eigenvalue weighted by Gasteiger charge is -2.20. The summed E-state index contributed by atoms with van der Waals surface area (Å²) in [6, 6.07) is 13.1. The van der Waals surface area contributed by atoms with Crippen molar-refractivity contribution >= 4 is 17.5 Å². The van der Waals surface area contributed by atoms with E-state index < -0.39 is 0 Å². The molecule has 5 heteroatoms. The quantitative estimate of drug-likeness (QED) is 0.741. The Balaban J connectivity index is 2.01. The molecular formula is C21H23ClN2O2. The van der Waals surface area contributed by atoms with E-state index in [2.05, 4.69) is 19.9 Å². The van der Waals surface area contributed by atoms with Gasteiger partial charge in [0.15, 0.2) is 6.61 Å². The molecule has 0 aliphatic heterocycles. The van der Waals surface area contributed by atoms with Crippen molar-refractivity contribution in [1.29, 1.82) is 5.26 Å². The molecule has 0 radical (unpaired) electrons. The van der Waals surface area contributed by atoms with Gasteiger partial charge in [0.05, 0.1) is 11.6 Å². The van der Waals surface area contributed by atoms with Gasteiger partial charge in [-0.05, 0) is 53.8 Å². The van der Waals surface area contributed by atoms with Crippen molar-refractivity contribution in [2.45, 2.75) is 33.2 Å². The lowest BCUT2D eigenvalue weighted by Crippen LogP contribution is -2.31. The Hall–Kier alpha value is -2.51. The predicted molar refractivity (Wildman–Crippen MR) is 103 cm³/mol. The highest BCUT2D eigenvalue weighted by molar-refractivity contribution is 6.31. The Morgan fingerprint density at radius 2 is 1.92 bits per heavy atom. The Morgan fingerprint density at radius 1 is 1.27 bits per heavy atom. The Labute approximate surface area is 160 Å². The van der Waals surface area contributed by atoms with E-state index in [1.807, 2.05) is 31.2 Å². The first-order valence-electron chi connectivity index (χ1n) is 8.47. The van der Waals surface area contributed by atoms with Crippen molar-refractivity contribution in [2.75, 3.05) is 13.7 Å². The SMILES string of the molecule is Cc1cc(OCC(=O)N(C)Cc2ccc(C#N)cc2)c(C(C)C)cc1Cl. The van der Waals surface area contributed by atoms with Crippen LogP contribution in [0.2, 0.25) is 5.02 Å². The molecule has 136 valence electrons. The molecule has 0 unspecified atom stereocenters. The first-order chi connectivity index (χ1) is 12.3. The van der Waals surface area contributed by atoms with E-state index >= 15 is 0 Å². The van der Waals surface area contributed by atoms with Crippen LogP contribution in [0, 0.1) is 18.3 Å². The van der Waals surface area contributed by atoms with Crippen molar-refractivity contribution in [3.8, 4) is 11.8 Å². The molecule has 0 aliphatic carbocycles. The summed E-state index contributed by atoms with van der Waals surface area (Å²) in [7, 11) is 1.74. The molecule has 2 rings (SSSR count). The fraction of sp³-hybridized carbons (Fsp3) is 0.333. The molecule has 0 saturated carbocycles. The van der Waals surface area contributed by atoms with E-state index in [1.54, 1.807) is 24.1 Å². The zero-order chi connectivity index (χ0) is 19.3. The van der Waals surface area contributed by atoms with Crippen molar-refractivity contribution in [1.82, 2.24) is 4.90 Å². The number of ether oxygens (including phenoxy) is 1. The Kier molecular flexibility index (Phi) is 6.65. The van der Waals surface area contributed by atoms with Gasteiger partial charge in [0.1, 0.15) is 5.75 Å². The molecule has 1 amide bonds. The predicted octanol–water partition coefficient (Wildman–Crippen LogP) is 4.68. The van der Waals surface area contributed by atoms with Crippen molar-refractivity contribution in [3.63, 3.8) is 0 Å². The number of hydrogen-bond donors (Lipinski definition) is 0. The third kappa shape index (κ3) is 5.00. The molecule has 0 fully saturated rings. The first kappa shape index (κ1) is 19.8. The molecule has 0 heterocycles. The highest BCUT2D eigenvalue weighted by Crippen LogP contribution is 2.32. The number of nitriles is 1. The second kappa shape index (κ2) is 8.73. The highest BCUT2D eigenvalue weighted by atomic mass is 35.5. The molecule has 0 saturated heterocycles. The molecule has 0 bridgehead atoms. The largest absolute Gasteiger partial charge is 0.483 e. The maximum Gasteiger partial charge on any atom is 0.260 e. The van der Waals surface area contributed by atoms with E-state index in [4.69, 9.17) is 21.6 Å². The van der Waals surface area contributed by atoms with Crippen molar-refractivity contribution in [3.05, 3.63) is 63.7 Å². The summed E-state index contributed by atoms with van der Waals surface area (Å²) in [6.07, 6.45) is 0. The number of likely N-dealkylation sites (N-methyl/N-ethyl adjacent to an activating group) is 1. The van der Waals surface area contributed by atoms with Gasteiger partial charge in [0.2, 0.25) is 0 Å². The van der Waals surface area contributed by atoms with Gasteiger partial charge in [0, 0.05) is 18.6 Å². The van der Waals surface area contributed by atoms with E-state index in [1.165, 1.54) is 0 Å². The van der Waals surface area contributed by atoms with Gasteiger partial charge in [-0.15, -0.1) is 0 Å². The monoisotopic (exact) mass is 370 g/mol. The average molecular weight is 371 g/mol. The zero-order valence-electron chi connectivity index (χ0n) is 15.5. The van der Waals surface area contributed by atoms with E-state index in [9.17, 15) is 4.79 Å². The molecular weight excluding hydrogens is 348 g/mol. The van der Waals surface area contributed by atoms with Crippen molar-refractivity contribution < 1.29 is 9.53 Å². The number of carbonyl (C=O) groups excluding carboxylic acids is 1. The van der Waals surface area contributed by atoms with Crippen LogP contribution in [-0.2, 0) is 11.3 Å². The summed E-state index contributed by atoms with van der Waals surface area (Å²) in [5, 5.41) is 9.53. The number of hydrogen-bond acceptors (Lipinski definition) is 3. The number of nitrogens with zero attached hydrogens (tertiary/aromatic N) is 2. The summed E-state index contributed by atoms with van der Waals surface area (Å²) in [6.45, 7) is 6.47. The summed E-state index contributed by atoms with van der Waals surface area (Å²) < 4.78 is 5.80. The third-order valence-electron chi connectivity index (χ3n) is 4.19. The Bertz CT molecular complexity index is 823. The molecule has 0 atom stereocenters. The molecule has 0 spiro atoms. The van der Waals surface area contributed by atoms with Crippen LogP contribution in [0.25, 0.3) is 0 Å². The average Bonchev–Trinajstić information content (AvgIpc) is 2.62. The molecule has 0 N–H and O–H groups in total. The summed E-state index contributed by atoms with van der Waals surface area (Å²) in [5.41, 5.74) is 3.48. The topological polar surface area (TPSA) is 53.3 Å². The van der Waals surface area contributed by atoms with Crippen LogP contribution in [0.15, 0.2) is 36.4 Å². The van der Waals surface area contributed by atoms with Crippen LogP contribution in [0.1, 0.15) is 42.0 Å². The lowest BCUT2D eigenvalue weighted by molar-refractivity contribution is -0.132. The number of halogens is 1. The molecule has 2 aromatic rings. The third-order valence-corrected chi connectivity index (χ3v) is 4.60. The minimum Gasteiger partial charge on any atom is -0.483 e. The minimum absolute atomic E-state index is 0.0342. The fourth-order valence-corrected chi connectivity index (χ4v) is 2.72. The fourth-order valence-electron chi connectivity index (χ4n) is 2.54. The lowest BCUT2D eigenvalue weighted by atomic mass is 10.0. The van der Waals surface area contributed by atoms with Gasteiger partial charge in [0.25, 0.3) is 5.91 Å². The number of amides is 1. The second-order valence-electron chi connectivity index (χ2n) is 6.64. The summed E-state index contributed by atoms with van der Waals surface area (Å²) in [4.78, 5) is 14.0. The van der Waals surface area contributed by atoms with Gasteiger partial charge in [-0.2, -0.15) is 5.26 Å². The molecule has 0 aromatic heterocycles. The van der Waals surface area contributed by atoms with Gasteiger partial charge < -0.3 is 9.64 Å². The Morgan fingerprint density at radius 3 is 2.50 bits per heavy atom. The summed E-state index contributed by atoms with van der Waals surface area (Å²) >= 11 is 6.20. The smallest absolute Gasteiger partial charge is 0.260 e. The number of aryl methyl sites for hydroxylation is 1. The number of rotatable bonds is 6. The van der Waals surface area contributed by atoms with E-state index in [-0.39, 0.29) is 18.4 Å². The van der Waals surface area contributed by atoms with Crippen LogP contribution in [0.3, 0.4) is 0 Å². The van der Waals surface area contributed by atoms with Gasteiger partial charge in [-0.1, -0.05) is 37.6 Å². The molecule has 4 nitrogen and oxygen atoms in total. The van der Waals surface area contributed by atoms with Gasteiger partial charge in [-0.25, -0.2) is 0 Å². The molecule has 26 heavy (non-hydrogen) atoms. The zero-order valence-corrected chi connectivity index (χ0v) is 16.3. The minimum atomic E-state index is -0.114. The van der Waals surface area contributed by atoms with Crippen molar-refractivity contribution in [2.24, 2.45) is 0 Å². The normalized spacial score (nSPS) is 10.5. The summed E-state index contributed by atoms with van der Waals surface area (Å²) in [5.74, 6) is 0.827. The van der Waals surface area contributed by atoms with Crippen LogP contribution in [0.4, 0.5) is 0 Å². The maximum atomic E-state index is 12.4. The van der Waals surface area contributed by atoms with Gasteiger partial charge >= 0.3 is 0 Å². The van der Waals surface area contributed by atoms with Crippen LogP contribution in [-0.4, -0.2) is 24.5 Å². The molecule has 0 aliphatic rings. The standard InChI is InChI=1S/C21H23ClN2O2/c1-14(2)18-10-19(22)15(3)9-20(18)26-13-21(25)24(4)12-17-7-5-16(11-23)6-8-17/h5-10,14H,12-13H2,1-4H3.